The Balaban J connectivity index is 1.65. The lowest BCUT2D eigenvalue weighted by Crippen LogP contribution is -2.46. The van der Waals surface area contributed by atoms with Crippen molar-refractivity contribution in [2.75, 3.05) is 5.75 Å². The minimum atomic E-state index is -0.681. The molecule has 0 spiro atoms. The Morgan fingerprint density at radius 2 is 1.96 bits per heavy atom. The minimum absolute atomic E-state index is 0.240. The Kier molecular flexibility index (Phi) is 5.38. The normalized spacial score (nSPS) is 17.3. The van der Waals surface area contributed by atoms with Crippen molar-refractivity contribution in [1.82, 2.24) is 10.6 Å². The molecule has 0 radical (unpaired) electrons. The number of halogens is 1. The molecular formula is C19H19FN2O2S. The van der Waals surface area contributed by atoms with Gasteiger partial charge in [-0.1, -0.05) is 18.2 Å². The Morgan fingerprint density at radius 3 is 2.72 bits per heavy atom. The molecule has 2 aromatic carbocycles. The third-order valence-corrected chi connectivity index (χ3v) is 5.23. The van der Waals surface area contributed by atoms with E-state index in [1.165, 1.54) is 12.1 Å². The topological polar surface area (TPSA) is 58.2 Å². The summed E-state index contributed by atoms with van der Waals surface area (Å²) in [7, 11) is 0. The molecule has 2 atom stereocenters. The molecule has 1 unspecified atom stereocenters. The molecule has 0 aromatic heterocycles. The van der Waals surface area contributed by atoms with Gasteiger partial charge >= 0.3 is 0 Å². The van der Waals surface area contributed by atoms with Crippen LogP contribution in [0.4, 0.5) is 4.39 Å². The van der Waals surface area contributed by atoms with Crippen molar-refractivity contribution in [2.45, 2.75) is 30.3 Å². The maximum Gasteiger partial charge on any atom is 0.251 e. The van der Waals surface area contributed by atoms with Gasteiger partial charge in [0, 0.05) is 16.2 Å². The van der Waals surface area contributed by atoms with E-state index in [2.05, 4.69) is 10.6 Å². The van der Waals surface area contributed by atoms with Gasteiger partial charge in [-0.25, -0.2) is 4.39 Å². The van der Waals surface area contributed by atoms with E-state index in [9.17, 15) is 14.0 Å². The van der Waals surface area contributed by atoms with Gasteiger partial charge in [0.15, 0.2) is 0 Å². The van der Waals surface area contributed by atoms with Crippen molar-refractivity contribution in [3.8, 4) is 0 Å². The predicted molar refractivity (Wildman–Crippen MR) is 96.0 cm³/mol. The number of nitrogens with one attached hydrogen (secondary N) is 2. The average Bonchev–Trinajstić information content (AvgIpc) is 2.62. The molecule has 1 heterocycles. The molecule has 2 aromatic rings. The Bertz CT molecular complexity index is 782. The number of amides is 2. The fourth-order valence-electron chi connectivity index (χ4n) is 2.75. The molecule has 25 heavy (non-hydrogen) atoms. The number of carbonyl (C=O) groups is 2. The van der Waals surface area contributed by atoms with Crippen LogP contribution >= 0.6 is 11.8 Å². The third kappa shape index (κ3) is 4.20. The molecule has 0 bridgehead atoms. The van der Waals surface area contributed by atoms with E-state index >= 15 is 0 Å². The summed E-state index contributed by atoms with van der Waals surface area (Å²) in [5, 5.41) is 5.62. The SMILES string of the molecule is C[C@H](NC(=O)c1ccccc1)C(=O)NC1CCSc2ccc(F)cc21. The molecule has 2 N–H and O–H groups in total. The van der Waals surface area contributed by atoms with Gasteiger partial charge in [0.2, 0.25) is 5.91 Å². The first kappa shape index (κ1) is 17.5. The van der Waals surface area contributed by atoms with Crippen LogP contribution in [0.3, 0.4) is 0 Å². The Labute approximate surface area is 150 Å². The van der Waals surface area contributed by atoms with Crippen molar-refractivity contribution in [3.63, 3.8) is 0 Å². The summed E-state index contributed by atoms with van der Waals surface area (Å²) >= 11 is 1.66. The maximum absolute atomic E-state index is 13.5. The second kappa shape index (κ2) is 7.70. The highest BCUT2D eigenvalue weighted by Gasteiger charge is 2.25. The number of hydrogen-bond donors (Lipinski definition) is 2. The van der Waals surface area contributed by atoms with Gasteiger partial charge < -0.3 is 10.6 Å². The van der Waals surface area contributed by atoms with Crippen molar-refractivity contribution in [1.29, 1.82) is 0 Å². The second-order valence-corrected chi connectivity index (χ2v) is 7.08. The fourth-order valence-corrected chi connectivity index (χ4v) is 3.85. The van der Waals surface area contributed by atoms with Crippen LogP contribution in [0.25, 0.3) is 0 Å². The largest absolute Gasteiger partial charge is 0.347 e. The van der Waals surface area contributed by atoms with Gasteiger partial charge in [-0.05, 0) is 49.2 Å². The molecule has 130 valence electrons. The van der Waals surface area contributed by atoms with Crippen LogP contribution in [0.2, 0.25) is 0 Å². The first-order valence-electron chi connectivity index (χ1n) is 8.13. The third-order valence-electron chi connectivity index (χ3n) is 4.10. The Morgan fingerprint density at radius 1 is 1.20 bits per heavy atom. The van der Waals surface area contributed by atoms with Gasteiger partial charge in [-0.15, -0.1) is 11.8 Å². The highest BCUT2D eigenvalue weighted by Crippen LogP contribution is 2.36. The predicted octanol–water partition coefficient (Wildman–Crippen LogP) is 3.30. The van der Waals surface area contributed by atoms with E-state index in [1.54, 1.807) is 49.0 Å². The lowest BCUT2D eigenvalue weighted by Gasteiger charge is -2.27. The van der Waals surface area contributed by atoms with Crippen LogP contribution < -0.4 is 10.6 Å². The first-order chi connectivity index (χ1) is 12.0. The zero-order valence-corrected chi connectivity index (χ0v) is 14.6. The zero-order chi connectivity index (χ0) is 17.8. The van der Waals surface area contributed by atoms with Crippen LogP contribution in [0.1, 0.15) is 35.3 Å². The minimum Gasteiger partial charge on any atom is -0.347 e. The van der Waals surface area contributed by atoms with E-state index < -0.39 is 6.04 Å². The van der Waals surface area contributed by atoms with Crippen molar-refractivity contribution >= 4 is 23.6 Å². The quantitative estimate of drug-likeness (QED) is 0.882. The van der Waals surface area contributed by atoms with Crippen molar-refractivity contribution in [3.05, 3.63) is 65.5 Å². The van der Waals surface area contributed by atoms with Crippen LogP contribution in [-0.4, -0.2) is 23.6 Å². The van der Waals surface area contributed by atoms with E-state index in [0.29, 0.717) is 5.56 Å². The summed E-state index contributed by atoms with van der Waals surface area (Å²) in [5.74, 6) is -0.0369. The highest BCUT2D eigenvalue weighted by molar-refractivity contribution is 7.99. The number of thioether (sulfide) groups is 1. The molecular weight excluding hydrogens is 339 g/mol. The molecule has 0 saturated carbocycles. The molecule has 0 saturated heterocycles. The van der Waals surface area contributed by atoms with Crippen LogP contribution in [0, 0.1) is 5.82 Å². The average molecular weight is 358 g/mol. The summed E-state index contributed by atoms with van der Waals surface area (Å²) in [6.45, 7) is 1.64. The van der Waals surface area contributed by atoms with Gasteiger partial charge in [0.25, 0.3) is 5.91 Å². The van der Waals surface area contributed by atoms with E-state index in [1.807, 2.05) is 6.07 Å². The number of benzene rings is 2. The lowest BCUT2D eigenvalue weighted by atomic mass is 10.0. The molecule has 2 amide bonds. The summed E-state index contributed by atoms with van der Waals surface area (Å²) in [4.78, 5) is 25.6. The van der Waals surface area contributed by atoms with E-state index in [0.717, 1.165) is 22.6 Å². The number of carbonyl (C=O) groups excluding carboxylic acids is 2. The molecule has 0 fully saturated rings. The first-order valence-corrected chi connectivity index (χ1v) is 9.11. The van der Waals surface area contributed by atoms with Crippen LogP contribution in [-0.2, 0) is 4.79 Å². The fraction of sp³-hybridized carbons (Fsp3) is 0.263. The molecule has 0 aliphatic carbocycles. The monoisotopic (exact) mass is 358 g/mol. The van der Waals surface area contributed by atoms with Gasteiger partial charge in [-0.3, -0.25) is 9.59 Å². The maximum atomic E-state index is 13.5. The number of hydrogen-bond acceptors (Lipinski definition) is 3. The van der Waals surface area contributed by atoms with Crippen molar-refractivity contribution in [2.24, 2.45) is 0 Å². The van der Waals surface area contributed by atoms with Gasteiger partial charge in [0.05, 0.1) is 6.04 Å². The van der Waals surface area contributed by atoms with Crippen molar-refractivity contribution < 1.29 is 14.0 Å². The Hall–Kier alpha value is -2.34. The number of rotatable bonds is 4. The summed E-state index contributed by atoms with van der Waals surface area (Å²) in [6, 6.07) is 12.5. The van der Waals surface area contributed by atoms with Crippen LogP contribution in [0.15, 0.2) is 53.4 Å². The van der Waals surface area contributed by atoms with Crippen LogP contribution in [0.5, 0.6) is 0 Å². The lowest BCUT2D eigenvalue weighted by molar-refractivity contribution is -0.123. The summed E-state index contributed by atoms with van der Waals surface area (Å²) < 4.78 is 13.5. The van der Waals surface area contributed by atoms with E-state index in [-0.39, 0.29) is 23.7 Å². The standard InChI is InChI=1S/C19H19FN2O2S/c1-12(21-19(24)13-5-3-2-4-6-13)18(23)22-16-9-10-25-17-8-7-14(20)11-15(16)17/h2-8,11-12,16H,9-10H2,1H3,(H,21,24)(H,22,23)/t12-,16?/m0/s1. The summed E-state index contributed by atoms with van der Waals surface area (Å²) in [6.07, 6.45) is 0.728. The number of fused-ring (bicyclic) bond motifs is 1. The molecule has 4 nitrogen and oxygen atoms in total. The molecule has 6 heteroatoms. The molecule has 1 aliphatic heterocycles. The molecule has 1 aliphatic rings. The highest BCUT2D eigenvalue weighted by atomic mass is 32.2. The smallest absolute Gasteiger partial charge is 0.251 e. The summed E-state index contributed by atoms with van der Waals surface area (Å²) in [5.41, 5.74) is 1.30. The van der Waals surface area contributed by atoms with Gasteiger partial charge in [-0.2, -0.15) is 0 Å². The second-order valence-electron chi connectivity index (χ2n) is 5.94. The van der Waals surface area contributed by atoms with Gasteiger partial charge in [0.1, 0.15) is 11.9 Å². The molecule has 3 rings (SSSR count). The zero-order valence-electron chi connectivity index (χ0n) is 13.8. The van der Waals surface area contributed by atoms with E-state index in [4.69, 9.17) is 0 Å².